The number of hydrogen-bond donors (Lipinski definition) is 1. The Morgan fingerprint density at radius 1 is 1.12 bits per heavy atom. The summed E-state index contributed by atoms with van der Waals surface area (Å²) < 4.78 is 10.9. The molecule has 0 aromatic heterocycles. The van der Waals surface area contributed by atoms with Gasteiger partial charge in [0.2, 0.25) is 11.8 Å². The first-order valence-corrected chi connectivity index (χ1v) is 11.5. The Kier molecular flexibility index (Phi) is 9.11. The van der Waals surface area contributed by atoms with Crippen LogP contribution in [-0.4, -0.2) is 49.1 Å². The van der Waals surface area contributed by atoms with E-state index in [1.54, 1.807) is 12.0 Å². The van der Waals surface area contributed by atoms with Crippen molar-refractivity contribution in [3.8, 4) is 5.75 Å². The highest BCUT2D eigenvalue weighted by Gasteiger charge is 2.30. The summed E-state index contributed by atoms with van der Waals surface area (Å²) in [7, 11) is 1.63. The van der Waals surface area contributed by atoms with Crippen LogP contribution in [0.1, 0.15) is 43.7 Å². The molecule has 1 aliphatic heterocycles. The summed E-state index contributed by atoms with van der Waals surface area (Å²) in [5, 5.41) is 3.05. The molecule has 2 atom stereocenters. The van der Waals surface area contributed by atoms with Crippen molar-refractivity contribution in [3.05, 3.63) is 65.7 Å². The number of methoxy groups -OCH3 is 1. The lowest BCUT2D eigenvalue weighted by Gasteiger charge is -2.32. The van der Waals surface area contributed by atoms with E-state index in [0.29, 0.717) is 25.9 Å². The summed E-state index contributed by atoms with van der Waals surface area (Å²) in [6, 6.07) is 16.9. The highest BCUT2D eigenvalue weighted by molar-refractivity contribution is 5.88. The van der Waals surface area contributed by atoms with Crippen LogP contribution in [0.2, 0.25) is 0 Å². The lowest BCUT2D eigenvalue weighted by molar-refractivity contribution is -0.141. The molecular weight excluding hydrogens is 404 g/mol. The lowest BCUT2D eigenvalue weighted by Crippen LogP contribution is -2.51. The molecule has 1 saturated heterocycles. The van der Waals surface area contributed by atoms with Crippen LogP contribution in [0.25, 0.3) is 0 Å². The molecule has 2 aromatic rings. The fourth-order valence-electron chi connectivity index (χ4n) is 3.98. The van der Waals surface area contributed by atoms with Gasteiger partial charge in [-0.25, -0.2) is 0 Å². The van der Waals surface area contributed by atoms with Gasteiger partial charge in [-0.15, -0.1) is 0 Å². The maximum atomic E-state index is 13.4. The summed E-state index contributed by atoms with van der Waals surface area (Å²) in [5.41, 5.74) is 1.98. The van der Waals surface area contributed by atoms with Gasteiger partial charge in [0.25, 0.3) is 0 Å². The standard InChI is InChI=1S/C26H34N2O4/c1-3-8-25(29)28(19-21-12-14-22(31-2)15-13-21)24(17-20-9-5-4-6-10-20)26(30)27-18-23-11-7-16-32-23/h4-6,9-10,12-15,23-24H,3,7-8,11,16-19H2,1-2H3,(H,27,30)/t23-,24+/m0/s1. The second kappa shape index (κ2) is 12.2. The molecule has 172 valence electrons. The first-order valence-electron chi connectivity index (χ1n) is 11.5. The van der Waals surface area contributed by atoms with Crippen molar-refractivity contribution in [2.24, 2.45) is 0 Å². The zero-order valence-corrected chi connectivity index (χ0v) is 19.1. The van der Waals surface area contributed by atoms with Crippen LogP contribution in [-0.2, 0) is 27.3 Å². The molecule has 0 spiro atoms. The second-order valence-corrected chi connectivity index (χ2v) is 8.21. The Balaban J connectivity index is 1.83. The van der Waals surface area contributed by atoms with Gasteiger partial charge in [-0.2, -0.15) is 0 Å². The van der Waals surface area contributed by atoms with Crippen molar-refractivity contribution >= 4 is 11.8 Å². The zero-order chi connectivity index (χ0) is 22.8. The SMILES string of the molecule is CCCC(=O)N(Cc1ccc(OC)cc1)[C@H](Cc1ccccc1)C(=O)NC[C@@H]1CCCO1. The number of amides is 2. The molecule has 1 aliphatic rings. The summed E-state index contributed by atoms with van der Waals surface area (Å²) >= 11 is 0. The minimum atomic E-state index is -0.597. The van der Waals surface area contributed by atoms with E-state index >= 15 is 0 Å². The van der Waals surface area contributed by atoms with Crippen LogP contribution < -0.4 is 10.1 Å². The minimum absolute atomic E-state index is 0.0171. The number of carbonyl (C=O) groups is 2. The highest BCUT2D eigenvalue weighted by Crippen LogP contribution is 2.19. The molecule has 1 heterocycles. The molecule has 1 fully saturated rings. The minimum Gasteiger partial charge on any atom is -0.497 e. The molecule has 3 rings (SSSR count). The van der Waals surface area contributed by atoms with Gasteiger partial charge in [0.1, 0.15) is 11.8 Å². The van der Waals surface area contributed by atoms with Gasteiger partial charge in [0.05, 0.1) is 13.2 Å². The lowest BCUT2D eigenvalue weighted by atomic mass is 10.0. The molecule has 6 heteroatoms. The van der Waals surface area contributed by atoms with Crippen LogP contribution >= 0.6 is 0 Å². The van der Waals surface area contributed by atoms with E-state index < -0.39 is 6.04 Å². The van der Waals surface area contributed by atoms with Gasteiger partial charge in [-0.1, -0.05) is 49.4 Å². The summed E-state index contributed by atoms with van der Waals surface area (Å²) in [6.45, 7) is 3.57. The number of rotatable bonds is 11. The van der Waals surface area contributed by atoms with Gasteiger partial charge in [0.15, 0.2) is 0 Å². The number of carbonyl (C=O) groups excluding carboxylic acids is 2. The molecule has 32 heavy (non-hydrogen) atoms. The maximum Gasteiger partial charge on any atom is 0.243 e. The molecule has 1 N–H and O–H groups in total. The molecule has 0 aliphatic carbocycles. The molecule has 6 nitrogen and oxygen atoms in total. The van der Waals surface area contributed by atoms with E-state index in [2.05, 4.69) is 5.32 Å². The van der Waals surface area contributed by atoms with Crippen molar-refractivity contribution in [1.29, 1.82) is 0 Å². The number of nitrogens with zero attached hydrogens (tertiary/aromatic N) is 1. The number of benzene rings is 2. The van der Waals surface area contributed by atoms with E-state index in [-0.39, 0.29) is 17.9 Å². The summed E-state index contributed by atoms with van der Waals surface area (Å²) in [6.07, 6.45) is 3.62. The van der Waals surface area contributed by atoms with Gasteiger partial charge in [-0.3, -0.25) is 9.59 Å². The fraction of sp³-hybridized carbons (Fsp3) is 0.462. The summed E-state index contributed by atoms with van der Waals surface area (Å²) in [5.74, 6) is 0.606. The molecule has 0 bridgehead atoms. The normalized spacial score (nSPS) is 16.4. The van der Waals surface area contributed by atoms with E-state index in [9.17, 15) is 9.59 Å². The van der Waals surface area contributed by atoms with Crippen molar-refractivity contribution in [2.75, 3.05) is 20.3 Å². The molecule has 0 radical (unpaired) electrons. The van der Waals surface area contributed by atoms with E-state index in [1.807, 2.05) is 61.5 Å². The van der Waals surface area contributed by atoms with E-state index in [1.165, 1.54) is 0 Å². The molecule has 0 saturated carbocycles. The topological polar surface area (TPSA) is 67.9 Å². The van der Waals surface area contributed by atoms with Crippen LogP contribution in [0, 0.1) is 0 Å². The van der Waals surface area contributed by atoms with Crippen molar-refractivity contribution in [3.63, 3.8) is 0 Å². The van der Waals surface area contributed by atoms with Crippen LogP contribution in [0.3, 0.4) is 0 Å². The third-order valence-corrected chi connectivity index (χ3v) is 5.77. The first-order chi connectivity index (χ1) is 15.6. The first kappa shape index (κ1) is 23.8. The van der Waals surface area contributed by atoms with Gasteiger partial charge >= 0.3 is 0 Å². The van der Waals surface area contributed by atoms with Gasteiger partial charge < -0.3 is 19.7 Å². The molecule has 2 amide bonds. The van der Waals surface area contributed by atoms with Crippen LogP contribution in [0.15, 0.2) is 54.6 Å². The predicted molar refractivity (Wildman–Crippen MR) is 124 cm³/mol. The van der Waals surface area contributed by atoms with Gasteiger partial charge in [-0.05, 0) is 42.5 Å². The molecule has 0 unspecified atom stereocenters. The Labute approximate surface area is 190 Å². The third kappa shape index (κ3) is 6.82. The average molecular weight is 439 g/mol. The smallest absolute Gasteiger partial charge is 0.243 e. The monoisotopic (exact) mass is 438 g/mol. The van der Waals surface area contributed by atoms with Crippen molar-refractivity contribution in [1.82, 2.24) is 10.2 Å². The van der Waals surface area contributed by atoms with Crippen molar-refractivity contribution in [2.45, 2.75) is 57.7 Å². The number of hydrogen-bond acceptors (Lipinski definition) is 4. The highest BCUT2D eigenvalue weighted by atomic mass is 16.5. The Morgan fingerprint density at radius 2 is 1.88 bits per heavy atom. The number of ether oxygens (including phenoxy) is 2. The Morgan fingerprint density at radius 3 is 2.50 bits per heavy atom. The number of nitrogens with one attached hydrogen (secondary N) is 1. The quantitative estimate of drug-likeness (QED) is 0.581. The molecular formula is C26H34N2O4. The fourth-order valence-corrected chi connectivity index (χ4v) is 3.98. The van der Waals surface area contributed by atoms with E-state index in [0.717, 1.165) is 42.7 Å². The van der Waals surface area contributed by atoms with Crippen molar-refractivity contribution < 1.29 is 19.1 Å². The van der Waals surface area contributed by atoms with E-state index in [4.69, 9.17) is 9.47 Å². The Hall–Kier alpha value is -2.86. The maximum absolute atomic E-state index is 13.4. The Bertz CT molecular complexity index is 848. The zero-order valence-electron chi connectivity index (χ0n) is 19.1. The van der Waals surface area contributed by atoms with Crippen LogP contribution in [0.5, 0.6) is 5.75 Å². The average Bonchev–Trinajstić information content (AvgIpc) is 3.35. The molecule has 2 aromatic carbocycles. The predicted octanol–water partition coefficient (Wildman–Crippen LogP) is 3.73. The van der Waals surface area contributed by atoms with Gasteiger partial charge in [0, 0.05) is 32.5 Å². The second-order valence-electron chi connectivity index (χ2n) is 8.21. The van der Waals surface area contributed by atoms with Crippen LogP contribution in [0.4, 0.5) is 0 Å². The largest absolute Gasteiger partial charge is 0.497 e. The summed E-state index contributed by atoms with van der Waals surface area (Å²) in [4.78, 5) is 28.3. The third-order valence-electron chi connectivity index (χ3n) is 5.77.